The minimum atomic E-state index is -1.08. The SMILES string of the molecule is CC(=O)[O-].CC(=O)[O-].Cc1ccccc1P(c1ccccc1C)c1ccccc1C.Cc1ccccc1P(c1ccccc1C)c1ccccc1C.[Pd].[Pd]. The quantitative estimate of drug-likeness (QED) is 0.146. The molecule has 8 heteroatoms. The van der Waals surface area contributed by atoms with Crippen LogP contribution in [0.5, 0.6) is 0 Å². The molecule has 0 unspecified atom stereocenters. The molecular formula is C46H48O4P2Pd2-2. The van der Waals surface area contributed by atoms with Gasteiger partial charge in [-0.05, 0) is 136 Å². The molecule has 0 fully saturated rings. The van der Waals surface area contributed by atoms with Gasteiger partial charge in [-0.25, -0.2) is 0 Å². The fourth-order valence-electron chi connectivity index (χ4n) is 5.66. The summed E-state index contributed by atoms with van der Waals surface area (Å²) in [6.07, 6.45) is 0. The second kappa shape index (κ2) is 24.8. The normalized spacial score (nSPS) is 9.81. The van der Waals surface area contributed by atoms with Crippen molar-refractivity contribution in [1.29, 1.82) is 0 Å². The molecule has 0 aliphatic rings. The molecule has 0 saturated heterocycles. The van der Waals surface area contributed by atoms with Crippen molar-refractivity contribution in [3.8, 4) is 0 Å². The Morgan fingerprint density at radius 3 is 0.556 bits per heavy atom. The van der Waals surface area contributed by atoms with Crippen molar-refractivity contribution >= 4 is 59.6 Å². The third-order valence-electron chi connectivity index (χ3n) is 8.14. The molecule has 6 aromatic carbocycles. The van der Waals surface area contributed by atoms with Gasteiger partial charge in [-0.2, -0.15) is 0 Å². The molecule has 6 aromatic rings. The first-order valence-corrected chi connectivity index (χ1v) is 19.8. The predicted molar refractivity (Wildman–Crippen MR) is 220 cm³/mol. The van der Waals surface area contributed by atoms with E-state index in [-0.39, 0.29) is 40.8 Å². The fraction of sp³-hybridized carbons (Fsp3) is 0.174. The molecule has 0 spiro atoms. The van der Waals surface area contributed by atoms with Gasteiger partial charge in [0.05, 0.1) is 0 Å². The van der Waals surface area contributed by atoms with Gasteiger partial charge >= 0.3 is 0 Å². The summed E-state index contributed by atoms with van der Waals surface area (Å²) >= 11 is 0. The summed E-state index contributed by atoms with van der Waals surface area (Å²) < 4.78 is 0. The van der Waals surface area contributed by atoms with Crippen LogP contribution >= 0.6 is 15.8 Å². The molecule has 0 saturated carbocycles. The molecule has 4 nitrogen and oxygen atoms in total. The number of aliphatic carboxylic acids is 2. The molecule has 0 radical (unpaired) electrons. The molecule has 0 bridgehead atoms. The molecule has 0 N–H and O–H groups in total. The van der Waals surface area contributed by atoms with Crippen LogP contribution in [-0.2, 0) is 50.4 Å². The van der Waals surface area contributed by atoms with Crippen LogP contribution in [0.2, 0.25) is 0 Å². The van der Waals surface area contributed by atoms with Crippen LogP contribution in [0.3, 0.4) is 0 Å². The maximum Gasteiger partial charge on any atom is 0.0383 e. The van der Waals surface area contributed by atoms with E-state index >= 15 is 0 Å². The van der Waals surface area contributed by atoms with Gasteiger partial charge < -0.3 is 19.8 Å². The van der Waals surface area contributed by atoms with Crippen molar-refractivity contribution in [2.45, 2.75) is 55.4 Å². The van der Waals surface area contributed by atoms with Crippen LogP contribution in [0.1, 0.15) is 47.2 Å². The zero-order valence-corrected chi connectivity index (χ0v) is 36.9. The average molecular weight is 940 g/mol. The van der Waals surface area contributed by atoms with Gasteiger partial charge in [0.2, 0.25) is 0 Å². The van der Waals surface area contributed by atoms with Crippen LogP contribution in [0.4, 0.5) is 0 Å². The van der Waals surface area contributed by atoms with Gasteiger partial charge in [-0.3, -0.25) is 0 Å². The monoisotopic (exact) mass is 938 g/mol. The van der Waals surface area contributed by atoms with Crippen LogP contribution in [0.15, 0.2) is 146 Å². The number of hydrogen-bond donors (Lipinski definition) is 0. The van der Waals surface area contributed by atoms with Gasteiger partial charge in [0, 0.05) is 52.8 Å². The summed E-state index contributed by atoms with van der Waals surface area (Å²) in [7, 11) is -1.02. The van der Waals surface area contributed by atoms with E-state index in [1.807, 2.05) is 0 Å². The zero-order chi connectivity index (χ0) is 38.2. The third-order valence-corrected chi connectivity index (χ3v) is 14.0. The third kappa shape index (κ3) is 14.6. The van der Waals surface area contributed by atoms with Crippen LogP contribution < -0.4 is 42.0 Å². The molecule has 0 aromatic heterocycles. The van der Waals surface area contributed by atoms with Crippen molar-refractivity contribution in [3.63, 3.8) is 0 Å². The van der Waals surface area contributed by atoms with E-state index in [0.29, 0.717) is 0 Å². The summed E-state index contributed by atoms with van der Waals surface area (Å²) in [6.45, 7) is 15.3. The Labute approximate surface area is 352 Å². The standard InChI is InChI=1S/2C21H21P.2C2H4O2.2Pd/c2*1-16-10-4-7-13-19(16)22(20-14-8-5-11-17(20)2)21-15-9-6-12-18(21)3;2*1-2(3)4;;/h2*4-15H,1-3H3;2*1H3,(H,3,4);;/p-2. The summed E-state index contributed by atoms with van der Waals surface area (Å²) in [5.74, 6) is -2.17. The van der Waals surface area contributed by atoms with Crippen LogP contribution in [0, 0.1) is 41.5 Å². The van der Waals surface area contributed by atoms with Crippen molar-refractivity contribution in [2.75, 3.05) is 0 Å². The van der Waals surface area contributed by atoms with Crippen LogP contribution in [-0.4, -0.2) is 11.9 Å². The number of aryl methyl sites for hydroxylation is 6. The number of carboxylic acids is 2. The summed E-state index contributed by atoms with van der Waals surface area (Å²) in [6, 6.07) is 52.8. The van der Waals surface area contributed by atoms with Crippen LogP contribution in [0.25, 0.3) is 0 Å². The van der Waals surface area contributed by atoms with Gasteiger partial charge in [0.15, 0.2) is 0 Å². The minimum absolute atomic E-state index is 0. The maximum atomic E-state index is 8.89. The first-order valence-electron chi connectivity index (χ1n) is 17.1. The summed E-state index contributed by atoms with van der Waals surface area (Å²) in [5, 5.41) is 26.5. The van der Waals surface area contributed by atoms with E-state index in [1.54, 1.807) is 0 Å². The van der Waals surface area contributed by atoms with Crippen molar-refractivity contribution < 1.29 is 60.6 Å². The first kappa shape index (κ1) is 48.5. The largest absolute Gasteiger partial charge is 0.550 e. The zero-order valence-electron chi connectivity index (χ0n) is 32.0. The summed E-state index contributed by atoms with van der Waals surface area (Å²) in [5.41, 5.74) is 8.25. The van der Waals surface area contributed by atoms with Gasteiger partial charge in [0.1, 0.15) is 0 Å². The fourth-order valence-corrected chi connectivity index (χ4v) is 11.2. The molecule has 54 heavy (non-hydrogen) atoms. The maximum absolute atomic E-state index is 8.89. The van der Waals surface area contributed by atoms with Gasteiger partial charge in [0.25, 0.3) is 0 Å². The topological polar surface area (TPSA) is 80.3 Å². The second-order valence-electron chi connectivity index (χ2n) is 12.4. The van der Waals surface area contributed by atoms with E-state index in [9.17, 15) is 0 Å². The molecule has 288 valence electrons. The Hall–Kier alpha value is -3.56. The van der Waals surface area contributed by atoms with E-state index in [1.165, 1.54) is 65.2 Å². The van der Waals surface area contributed by atoms with E-state index < -0.39 is 27.8 Å². The van der Waals surface area contributed by atoms with Crippen molar-refractivity contribution in [1.82, 2.24) is 0 Å². The Balaban J connectivity index is 0.000000437. The number of rotatable bonds is 6. The number of carbonyl (C=O) groups excluding carboxylic acids is 2. The Morgan fingerprint density at radius 2 is 0.444 bits per heavy atom. The molecular weight excluding hydrogens is 891 g/mol. The smallest absolute Gasteiger partial charge is 0.0383 e. The first-order chi connectivity index (χ1) is 24.8. The molecule has 6 rings (SSSR count). The molecule has 0 atom stereocenters. The number of benzene rings is 6. The van der Waals surface area contributed by atoms with Gasteiger partial charge in [-0.15, -0.1) is 0 Å². The average Bonchev–Trinajstić information content (AvgIpc) is 3.10. The molecule has 0 amide bonds. The minimum Gasteiger partial charge on any atom is -0.550 e. The summed E-state index contributed by atoms with van der Waals surface area (Å²) in [4.78, 5) is 17.8. The molecule has 0 heterocycles. The van der Waals surface area contributed by atoms with Crippen molar-refractivity contribution in [3.05, 3.63) is 179 Å². The Morgan fingerprint density at radius 1 is 0.333 bits per heavy atom. The number of carboxylic acid groups (broad SMARTS) is 2. The van der Waals surface area contributed by atoms with E-state index in [2.05, 4.69) is 187 Å². The number of carbonyl (C=O) groups is 2. The second-order valence-corrected chi connectivity index (χ2v) is 16.6. The van der Waals surface area contributed by atoms with Crippen molar-refractivity contribution in [2.24, 2.45) is 0 Å². The molecule has 0 aliphatic carbocycles. The van der Waals surface area contributed by atoms with Gasteiger partial charge in [-0.1, -0.05) is 146 Å². The Bertz CT molecular complexity index is 1710. The van der Waals surface area contributed by atoms with E-state index in [0.717, 1.165) is 13.8 Å². The molecule has 0 aliphatic heterocycles. The Kier molecular flexibility index (Phi) is 22.2. The van der Waals surface area contributed by atoms with E-state index in [4.69, 9.17) is 19.8 Å². The predicted octanol–water partition coefficient (Wildman–Crippen LogP) is 6.25. The number of hydrogen-bond acceptors (Lipinski definition) is 4.